The van der Waals surface area contributed by atoms with Gasteiger partial charge in [0.25, 0.3) is 0 Å². The Balaban J connectivity index is 2.00. The van der Waals surface area contributed by atoms with E-state index in [1.165, 1.54) is 0 Å². The summed E-state index contributed by atoms with van der Waals surface area (Å²) in [4.78, 5) is 0. The Bertz CT molecular complexity index is 386. The van der Waals surface area contributed by atoms with Crippen molar-refractivity contribution in [3.63, 3.8) is 0 Å². The summed E-state index contributed by atoms with van der Waals surface area (Å²) < 4.78 is 11.2. The molecule has 1 aliphatic heterocycles. The molecule has 0 radical (unpaired) electrons. The molecule has 1 saturated heterocycles. The minimum atomic E-state index is 0.0934. The van der Waals surface area contributed by atoms with E-state index in [0.29, 0.717) is 22.4 Å². The summed E-state index contributed by atoms with van der Waals surface area (Å²) >= 11 is 16.3. The van der Waals surface area contributed by atoms with Crippen molar-refractivity contribution in [3.05, 3.63) is 28.2 Å². The highest BCUT2D eigenvalue weighted by atomic mass is 35.5. The lowest BCUT2D eigenvalue weighted by molar-refractivity contribution is 0.00311. The Morgan fingerprint density at radius 1 is 1.17 bits per heavy atom. The number of hydrogen-bond acceptors (Lipinski definition) is 3. The number of hydrogen-bond donors (Lipinski definition) is 1. The van der Waals surface area contributed by atoms with Crippen molar-refractivity contribution in [2.75, 3.05) is 25.6 Å². The lowest BCUT2D eigenvalue weighted by Gasteiger charge is -2.35. The highest BCUT2D eigenvalue weighted by Gasteiger charge is 2.32. The first-order chi connectivity index (χ1) is 8.63. The van der Waals surface area contributed by atoms with Crippen molar-refractivity contribution in [2.24, 2.45) is 5.41 Å². The average molecular weight is 307 g/mol. The predicted octanol–water partition coefficient (Wildman–Crippen LogP) is 4.10. The Hall–Kier alpha value is -0.0900. The molecule has 1 heterocycles. The first-order valence-corrected chi connectivity index (χ1v) is 7.30. The number of thiol groups is 1. The van der Waals surface area contributed by atoms with E-state index in [2.05, 4.69) is 12.6 Å². The van der Waals surface area contributed by atoms with Crippen LogP contribution in [0.25, 0.3) is 0 Å². The normalized spacial score (nSPS) is 18.6. The molecule has 1 aliphatic rings. The van der Waals surface area contributed by atoms with Crippen LogP contribution < -0.4 is 4.74 Å². The summed E-state index contributed by atoms with van der Waals surface area (Å²) in [5.41, 5.74) is 0.0934. The van der Waals surface area contributed by atoms with Crippen LogP contribution in [0.2, 0.25) is 10.0 Å². The Kier molecular flexibility index (Phi) is 5.07. The third-order valence-corrected chi connectivity index (χ3v) is 4.38. The standard InChI is InChI=1S/C13H16Cl2O2S/c14-10-5-11(15)7-12(6-10)17-8-13(9-18)1-3-16-4-2-13/h5-7,18H,1-4,8-9H2. The Labute approximate surface area is 123 Å². The second kappa shape index (κ2) is 6.38. The van der Waals surface area contributed by atoms with E-state index in [9.17, 15) is 0 Å². The van der Waals surface area contributed by atoms with Gasteiger partial charge in [-0.05, 0) is 36.8 Å². The smallest absolute Gasteiger partial charge is 0.122 e. The van der Waals surface area contributed by atoms with Gasteiger partial charge in [-0.1, -0.05) is 23.2 Å². The summed E-state index contributed by atoms with van der Waals surface area (Å²) in [6, 6.07) is 5.25. The van der Waals surface area contributed by atoms with E-state index in [1.807, 2.05) is 0 Å². The predicted molar refractivity (Wildman–Crippen MR) is 78.3 cm³/mol. The van der Waals surface area contributed by atoms with E-state index in [-0.39, 0.29) is 5.41 Å². The van der Waals surface area contributed by atoms with Gasteiger partial charge in [-0.15, -0.1) is 0 Å². The Morgan fingerprint density at radius 2 is 1.78 bits per heavy atom. The van der Waals surface area contributed by atoms with Gasteiger partial charge in [-0.3, -0.25) is 0 Å². The second-order valence-electron chi connectivity index (χ2n) is 4.66. The molecule has 0 N–H and O–H groups in total. The summed E-state index contributed by atoms with van der Waals surface area (Å²) in [7, 11) is 0. The fourth-order valence-electron chi connectivity index (χ4n) is 2.00. The molecule has 0 atom stereocenters. The SMILES string of the molecule is SCC1(COc2cc(Cl)cc(Cl)c2)CCOCC1. The molecule has 1 fully saturated rings. The number of ether oxygens (including phenoxy) is 2. The van der Waals surface area contributed by atoms with Gasteiger partial charge in [0.05, 0.1) is 6.61 Å². The quantitative estimate of drug-likeness (QED) is 0.844. The monoisotopic (exact) mass is 306 g/mol. The van der Waals surface area contributed by atoms with Crippen LogP contribution in [0.1, 0.15) is 12.8 Å². The number of halogens is 2. The van der Waals surface area contributed by atoms with Crippen LogP contribution in [-0.4, -0.2) is 25.6 Å². The van der Waals surface area contributed by atoms with Crippen molar-refractivity contribution in [1.82, 2.24) is 0 Å². The zero-order valence-electron chi connectivity index (χ0n) is 9.99. The molecule has 0 bridgehead atoms. The molecule has 0 saturated carbocycles. The summed E-state index contributed by atoms with van der Waals surface area (Å²) in [5.74, 6) is 1.50. The van der Waals surface area contributed by atoms with Crippen molar-refractivity contribution >= 4 is 35.8 Å². The highest BCUT2D eigenvalue weighted by Crippen LogP contribution is 2.33. The molecule has 1 aromatic carbocycles. The largest absolute Gasteiger partial charge is 0.493 e. The van der Waals surface area contributed by atoms with Gasteiger partial charge in [0.1, 0.15) is 5.75 Å². The lowest BCUT2D eigenvalue weighted by Crippen LogP contribution is -2.36. The summed E-state index contributed by atoms with van der Waals surface area (Å²) in [6.45, 7) is 2.18. The van der Waals surface area contributed by atoms with Gasteiger partial charge in [0, 0.05) is 28.7 Å². The molecule has 2 nitrogen and oxygen atoms in total. The first kappa shape index (κ1) is 14.3. The molecule has 0 aromatic heterocycles. The van der Waals surface area contributed by atoms with Gasteiger partial charge < -0.3 is 9.47 Å². The topological polar surface area (TPSA) is 18.5 Å². The zero-order chi connectivity index (χ0) is 13.0. The molecule has 1 aromatic rings. The highest BCUT2D eigenvalue weighted by molar-refractivity contribution is 7.80. The van der Waals surface area contributed by atoms with E-state index in [1.54, 1.807) is 18.2 Å². The van der Waals surface area contributed by atoms with Crippen LogP contribution in [0.4, 0.5) is 0 Å². The third kappa shape index (κ3) is 3.70. The van der Waals surface area contributed by atoms with Crippen molar-refractivity contribution in [1.29, 1.82) is 0 Å². The first-order valence-electron chi connectivity index (χ1n) is 5.91. The van der Waals surface area contributed by atoms with E-state index in [0.717, 1.165) is 31.8 Å². The van der Waals surface area contributed by atoms with E-state index < -0.39 is 0 Å². The maximum absolute atomic E-state index is 5.94. The molecule has 5 heteroatoms. The van der Waals surface area contributed by atoms with Crippen molar-refractivity contribution < 1.29 is 9.47 Å². The van der Waals surface area contributed by atoms with Crippen LogP contribution in [0.15, 0.2) is 18.2 Å². The van der Waals surface area contributed by atoms with Crippen LogP contribution in [0, 0.1) is 5.41 Å². The maximum atomic E-state index is 5.94. The van der Waals surface area contributed by atoms with Gasteiger partial charge in [0.2, 0.25) is 0 Å². The zero-order valence-corrected chi connectivity index (χ0v) is 12.4. The molecule has 0 spiro atoms. The maximum Gasteiger partial charge on any atom is 0.122 e. The van der Waals surface area contributed by atoms with Crippen LogP contribution in [0.5, 0.6) is 5.75 Å². The Morgan fingerprint density at radius 3 is 2.33 bits per heavy atom. The van der Waals surface area contributed by atoms with Crippen molar-refractivity contribution in [3.8, 4) is 5.75 Å². The molecule has 2 rings (SSSR count). The number of rotatable bonds is 4. The molecule has 0 amide bonds. The van der Waals surface area contributed by atoms with Crippen LogP contribution in [0.3, 0.4) is 0 Å². The summed E-state index contributed by atoms with van der Waals surface area (Å²) in [5, 5.41) is 1.17. The minimum absolute atomic E-state index is 0.0934. The molecule has 0 aliphatic carbocycles. The molecule has 18 heavy (non-hydrogen) atoms. The van der Waals surface area contributed by atoms with Crippen molar-refractivity contribution in [2.45, 2.75) is 12.8 Å². The van der Waals surface area contributed by atoms with Crippen LogP contribution >= 0.6 is 35.8 Å². The second-order valence-corrected chi connectivity index (χ2v) is 5.85. The fraction of sp³-hybridized carbons (Fsp3) is 0.538. The van der Waals surface area contributed by atoms with Gasteiger partial charge in [-0.25, -0.2) is 0 Å². The van der Waals surface area contributed by atoms with Gasteiger partial charge >= 0.3 is 0 Å². The third-order valence-electron chi connectivity index (χ3n) is 3.27. The number of benzene rings is 1. The summed E-state index contributed by atoms with van der Waals surface area (Å²) in [6.07, 6.45) is 1.95. The molecular formula is C13H16Cl2O2S. The fourth-order valence-corrected chi connectivity index (χ4v) is 2.91. The lowest BCUT2D eigenvalue weighted by atomic mass is 9.83. The molecule has 0 unspecified atom stereocenters. The van der Waals surface area contributed by atoms with E-state index >= 15 is 0 Å². The van der Waals surface area contributed by atoms with Gasteiger partial charge in [0.15, 0.2) is 0 Å². The average Bonchev–Trinajstić information content (AvgIpc) is 2.36. The van der Waals surface area contributed by atoms with E-state index in [4.69, 9.17) is 32.7 Å². The minimum Gasteiger partial charge on any atom is -0.493 e. The van der Waals surface area contributed by atoms with Crippen LogP contribution in [-0.2, 0) is 4.74 Å². The van der Waals surface area contributed by atoms with Gasteiger partial charge in [-0.2, -0.15) is 12.6 Å². The molecule has 100 valence electrons. The molecular weight excluding hydrogens is 291 g/mol.